The van der Waals surface area contributed by atoms with Crippen molar-refractivity contribution in [3.8, 4) is 0 Å². The van der Waals surface area contributed by atoms with Crippen molar-refractivity contribution in [2.45, 2.75) is 76.9 Å². The molecule has 6 heteroatoms. The van der Waals surface area contributed by atoms with Crippen molar-refractivity contribution in [1.29, 1.82) is 0 Å². The molecule has 0 saturated carbocycles. The van der Waals surface area contributed by atoms with Gasteiger partial charge in [0.05, 0.1) is 0 Å². The summed E-state index contributed by atoms with van der Waals surface area (Å²) in [6, 6.07) is 1.64. The minimum Gasteiger partial charge on any atom is -0.352 e. The van der Waals surface area contributed by atoms with Crippen molar-refractivity contribution in [2.24, 2.45) is 11.8 Å². The zero-order chi connectivity index (χ0) is 15.5. The standard InChI is InChI=1S/C18H33N3O.2ClH/c1-13-4-3-7-21(11-13)12-14(2)19-18(22)10-15-8-16-5-6-17(9-15)20-16;;/h13-17,20H,3-12H2,1-2H3,(H,19,22);2*1H. The van der Waals surface area contributed by atoms with E-state index in [-0.39, 0.29) is 36.8 Å². The molecule has 4 unspecified atom stereocenters. The van der Waals surface area contributed by atoms with Crippen LogP contribution in [0.5, 0.6) is 0 Å². The van der Waals surface area contributed by atoms with Gasteiger partial charge >= 0.3 is 0 Å². The summed E-state index contributed by atoms with van der Waals surface area (Å²) in [6.45, 7) is 7.89. The number of carbonyl (C=O) groups excluding carboxylic acids is 1. The van der Waals surface area contributed by atoms with Gasteiger partial charge in [-0.3, -0.25) is 4.79 Å². The fraction of sp³-hybridized carbons (Fsp3) is 0.944. The summed E-state index contributed by atoms with van der Waals surface area (Å²) in [5.41, 5.74) is 0. The summed E-state index contributed by atoms with van der Waals surface area (Å²) in [5, 5.41) is 6.89. The van der Waals surface area contributed by atoms with Gasteiger partial charge in [-0.1, -0.05) is 6.92 Å². The van der Waals surface area contributed by atoms with Crippen LogP contribution in [-0.4, -0.2) is 48.6 Å². The Bertz CT molecular complexity index is 384. The number of hydrogen-bond donors (Lipinski definition) is 2. The van der Waals surface area contributed by atoms with Crippen LogP contribution in [0.15, 0.2) is 0 Å². The van der Waals surface area contributed by atoms with Crippen molar-refractivity contribution >= 4 is 30.7 Å². The molecule has 3 aliphatic heterocycles. The molecule has 1 amide bonds. The summed E-state index contributed by atoms with van der Waals surface area (Å²) in [4.78, 5) is 14.8. The molecular formula is C18H35Cl2N3O. The average Bonchev–Trinajstić information content (AvgIpc) is 2.77. The monoisotopic (exact) mass is 379 g/mol. The summed E-state index contributed by atoms with van der Waals surface area (Å²) in [6.07, 6.45) is 8.41. The highest BCUT2D eigenvalue weighted by atomic mass is 35.5. The molecular weight excluding hydrogens is 345 g/mol. The third-order valence-electron chi connectivity index (χ3n) is 5.73. The highest BCUT2D eigenvalue weighted by Gasteiger charge is 2.34. The molecule has 4 nitrogen and oxygen atoms in total. The molecule has 0 aliphatic carbocycles. The Balaban J connectivity index is 0.00000144. The van der Waals surface area contributed by atoms with Gasteiger partial charge in [0.2, 0.25) is 5.91 Å². The van der Waals surface area contributed by atoms with Gasteiger partial charge < -0.3 is 15.5 Å². The van der Waals surface area contributed by atoms with E-state index in [0.717, 1.165) is 18.9 Å². The molecule has 0 aromatic carbocycles. The minimum absolute atomic E-state index is 0. The number of rotatable bonds is 5. The van der Waals surface area contributed by atoms with Crippen LogP contribution < -0.4 is 10.6 Å². The van der Waals surface area contributed by atoms with Gasteiger partial charge in [-0.05, 0) is 63.8 Å². The van der Waals surface area contributed by atoms with Crippen LogP contribution >= 0.6 is 24.8 Å². The molecule has 3 aliphatic rings. The smallest absolute Gasteiger partial charge is 0.220 e. The van der Waals surface area contributed by atoms with Crippen LogP contribution in [0.3, 0.4) is 0 Å². The summed E-state index contributed by atoms with van der Waals surface area (Å²) in [7, 11) is 0. The summed E-state index contributed by atoms with van der Waals surface area (Å²) < 4.78 is 0. The molecule has 0 radical (unpaired) electrons. The van der Waals surface area contributed by atoms with E-state index in [2.05, 4.69) is 29.4 Å². The molecule has 2 N–H and O–H groups in total. The maximum Gasteiger partial charge on any atom is 0.220 e. The zero-order valence-electron chi connectivity index (χ0n) is 15.1. The Labute approximate surface area is 159 Å². The first kappa shape index (κ1) is 22.0. The van der Waals surface area contributed by atoms with Crippen LogP contribution in [0.2, 0.25) is 0 Å². The molecule has 3 fully saturated rings. The third kappa shape index (κ3) is 6.36. The molecule has 3 saturated heterocycles. The lowest BCUT2D eigenvalue weighted by atomic mass is 9.89. The number of likely N-dealkylation sites (tertiary alicyclic amines) is 1. The van der Waals surface area contributed by atoms with Crippen molar-refractivity contribution in [2.75, 3.05) is 19.6 Å². The second-order valence-electron chi connectivity index (χ2n) is 8.15. The fourth-order valence-corrected chi connectivity index (χ4v) is 4.82. The number of piperidine rings is 2. The van der Waals surface area contributed by atoms with E-state index in [9.17, 15) is 4.79 Å². The number of halogens is 2. The number of hydrogen-bond acceptors (Lipinski definition) is 3. The predicted octanol–water partition coefficient (Wildman–Crippen LogP) is 2.99. The van der Waals surface area contributed by atoms with Gasteiger partial charge in [0, 0.05) is 37.6 Å². The van der Waals surface area contributed by atoms with Gasteiger partial charge in [0.25, 0.3) is 0 Å². The maximum atomic E-state index is 12.3. The lowest BCUT2D eigenvalue weighted by molar-refractivity contribution is -0.123. The van der Waals surface area contributed by atoms with E-state index in [1.165, 1.54) is 51.6 Å². The number of amides is 1. The van der Waals surface area contributed by atoms with E-state index < -0.39 is 0 Å². The lowest BCUT2D eigenvalue weighted by Gasteiger charge is -2.33. The van der Waals surface area contributed by atoms with Crippen molar-refractivity contribution in [3.63, 3.8) is 0 Å². The number of nitrogens with zero attached hydrogens (tertiary/aromatic N) is 1. The van der Waals surface area contributed by atoms with E-state index in [4.69, 9.17) is 0 Å². The van der Waals surface area contributed by atoms with Gasteiger partial charge in [-0.2, -0.15) is 0 Å². The first-order valence-electron chi connectivity index (χ1n) is 9.36. The van der Waals surface area contributed by atoms with Gasteiger partial charge in [-0.15, -0.1) is 24.8 Å². The Morgan fingerprint density at radius 2 is 1.88 bits per heavy atom. The Kier molecular flexibility index (Phi) is 9.35. The number of fused-ring (bicyclic) bond motifs is 2. The second kappa shape index (κ2) is 10.2. The molecule has 4 atom stereocenters. The van der Waals surface area contributed by atoms with Crippen LogP contribution in [0, 0.1) is 11.8 Å². The topological polar surface area (TPSA) is 44.4 Å². The quantitative estimate of drug-likeness (QED) is 0.771. The number of nitrogens with one attached hydrogen (secondary N) is 2. The minimum atomic E-state index is 0. The molecule has 24 heavy (non-hydrogen) atoms. The molecule has 0 aromatic rings. The van der Waals surface area contributed by atoms with Crippen molar-refractivity contribution in [3.05, 3.63) is 0 Å². The van der Waals surface area contributed by atoms with E-state index >= 15 is 0 Å². The fourth-order valence-electron chi connectivity index (χ4n) is 4.82. The molecule has 3 heterocycles. The molecule has 142 valence electrons. The predicted molar refractivity (Wildman–Crippen MR) is 104 cm³/mol. The maximum absolute atomic E-state index is 12.3. The highest BCUT2D eigenvalue weighted by Crippen LogP contribution is 2.32. The normalized spacial score (nSPS) is 33.9. The Morgan fingerprint density at radius 3 is 2.50 bits per heavy atom. The van der Waals surface area contributed by atoms with Crippen molar-refractivity contribution < 1.29 is 4.79 Å². The van der Waals surface area contributed by atoms with E-state index in [0.29, 0.717) is 18.0 Å². The SMILES string of the molecule is CC1CCCN(CC(C)NC(=O)CC2CC3CCC(C2)N3)C1.Cl.Cl. The molecule has 2 bridgehead atoms. The number of carbonyl (C=O) groups is 1. The Hall–Kier alpha value is -0.0300. The average molecular weight is 380 g/mol. The van der Waals surface area contributed by atoms with Crippen molar-refractivity contribution in [1.82, 2.24) is 15.5 Å². The first-order chi connectivity index (χ1) is 10.6. The van der Waals surface area contributed by atoms with Crippen LogP contribution in [0.4, 0.5) is 0 Å². The molecule has 0 aromatic heterocycles. The highest BCUT2D eigenvalue weighted by molar-refractivity contribution is 5.85. The lowest BCUT2D eigenvalue weighted by Crippen LogP contribution is -2.46. The first-order valence-corrected chi connectivity index (χ1v) is 9.36. The largest absolute Gasteiger partial charge is 0.352 e. The summed E-state index contributed by atoms with van der Waals surface area (Å²) >= 11 is 0. The summed E-state index contributed by atoms with van der Waals surface area (Å²) in [5.74, 6) is 1.67. The van der Waals surface area contributed by atoms with Crippen LogP contribution in [0.25, 0.3) is 0 Å². The van der Waals surface area contributed by atoms with Gasteiger partial charge in [0.1, 0.15) is 0 Å². The van der Waals surface area contributed by atoms with Gasteiger partial charge in [-0.25, -0.2) is 0 Å². The molecule has 3 rings (SSSR count). The zero-order valence-corrected chi connectivity index (χ0v) is 16.8. The molecule has 0 spiro atoms. The Morgan fingerprint density at radius 1 is 1.21 bits per heavy atom. The van der Waals surface area contributed by atoms with Crippen LogP contribution in [0.1, 0.15) is 58.8 Å². The van der Waals surface area contributed by atoms with Crippen LogP contribution in [-0.2, 0) is 4.79 Å². The van der Waals surface area contributed by atoms with E-state index in [1.807, 2.05) is 0 Å². The van der Waals surface area contributed by atoms with E-state index in [1.54, 1.807) is 0 Å². The second-order valence-corrected chi connectivity index (χ2v) is 8.15. The third-order valence-corrected chi connectivity index (χ3v) is 5.73. The van der Waals surface area contributed by atoms with Gasteiger partial charge in [0.15, 0.2) is 0 Å².